The molecule has 24 heavy (non-hydrogen) atoms. The Morgan fingerprint density at radius 3 is 2.88 bits per heavy atom. The third-order valence-corrected chi connectivity index (χ3v) is 5.46. The van der Waals surface area contributed by atoms with E-state index in [0.29, 0.717) is 5.02 Å². The average molecular weight is 344 g/mol. The fraction of sp³-hybridized carbons (Fsp3) is 0.400. The molecule has 0 saturated carbocycles. The SMILES string of the molecule is COc1cc2c(cc1Cl)CCN(C)CC2c1cccc2c1OCC2. The monoisotopic (exact) mass is 343 g/mol. The van der Waals surface area contributed by atoms with E-state index in [0.717, 1.165) is 44.0 Å². The van der Waals surface area contributed by atoms with Crippen LogP contribution in [0.3, 0.4) is 0 Å². The number of nitrogens with zero attached hydrogens (tertiary/aromatic N) is 1. The van der Waals surface area contributed by atoms with Crippen LogP contribution in [0.15, 0.2) is 30.3 Å². The van der Waals surface area contributed by atoms with Gasteiger partial charge in [0.2, 0.25) is 0 Å². The molecule has 2 aliphatic heterocycles. The van der Waals surface area contributed by atoms with Crippen molar-refractivity contribution in [1.29, 1.82) is 0 Å². The molecule has 2 aromatic carbocycles. The minimum Gasteiger partial charge on any atom is -0.495 e. The Labute approximate surface area is 148 Å². The number of rotatable bonds is 2. The Hall–Kier alpha value is -1.71. The number of benzene rings is 2. The molecule has 0 fully saturated rings. The smallest absolute Gasteiger partial charge is 0.137 e. The number of hydrogen-bond acceptors (Lipinski definition) is 3. The molecule has 0 aromatic heterocycles. The van der Waals surface area contributed by atoms with Gasteiger partial charge in [0.25, 0.3) is 0 Å². The molecular formula is C20H22ClNO2. The van der Waals surface area contributed by atoms with Gasteiger partial charge in [0.15, 0.2) is 0 Å². The van der Waals surface area contributed by atoms with Crippen molar-refractivity contribution in [2.75, 3.05) is 33.9 Å². The number of methoxy groups -OCH3 is 1. The molecule has 0 amide bonds. The summed E-state index contributed by atoms with van der Waals surface area (Å²) in [7, 11) is 3.86. The Morgan fingerprint density at radius 1 is 1.17 bits per heavy atom. The van der Waals surface area contributed by atoms with Gasteiger partial charge in [-0.15, -0.1) is 0 Å². The minimum atomic E-state index is 0.270. The quantitative estimate of drug-likeness (QED) is 0.825. The van der Waals surface area contributed by atoms with Crippen molar-refractivity contribution in [3.05, 3.63) is 57.6 Å². The molecule has 0 radical (unpaired) electrons. The maximum atomic E-state index is 6.38. The molecule has 0 bridgehead atoms. The van der Waals surface area contributed by atoms with Gasteiger partial charge >= 0.3 is 0 Å². The van der Waals surface area contributed by atoms with Gasteiger partial charge in [0.05, 0.1) is 18.7 Å². The molecular weight excluding hydrogens is 322 g/mol. The average Bonchev–Trinajstić information content (AvgIpc) is 3.01. The van der Waals surface area contributed by atoms with E-state index >= 15 is 0 Å². The van der Waals surface area contributed by atoms with Crippen LogP contribution in [0, 0.1) is 0 Å². The predicted octanol–water partition coefficient (Wildman–Crippen LogP) is 3.90. The van der Waals surface area contributed by atoms with Crippen LogP contribution in [0.5, 0.6) is 11.5 Å². The predicted molar refractivity (Wildman–Crippen MR) is 96.7 cm³/mol. The second-order valence-electron chi connectivity index (χ2n) is 6.68. The number of halogens is 1. The molecule has 0 aliphatic carbocycles. The van der Waals surface area contributed by atoms with Crippen molar-refractivity contribution in [3.8, 4) is 11.5 Å². The zero-order valence-corrected chi connectivity index (χ0v) is 14.9. The molecule has 0 spiro atoms. The van der Waals surface area contributed by atoms with Gasteiger partial charge in [-0.25, -0.2) is 0 Å². The Balaban J connectivity index is 1.88. The first-order chi connectivity index (χ1) is 11.7. The topological polar surface area (TPSA) is 21.7 Å². The third-order valence-electron chi connectivity index (χ3n) is 5.17. The van der Waals surface area contributed by atoms with E-state index < -0.39 is 0 Å². The second kappa shape index (κ2) is 6.30. The number of hydrogen-bond donors (Lipinski definition) is 0. The zero-order chi connectivity index (χ0) is 16.7. The number of para-hydroxylation sites is 1. The van der Waals surface area contributed by atoms with Crippen LogP contribution in [0.4, 0.5) is 0 Å². The Kier molecular flexibility index (Phi) is 4.15. The summed E-state index contributed by atoms with van der Waals surface area (Å²) in [6.45, 7) is 2.78. The van der Waals surface area contributed by atoms with E-state index in [1.54, 1.807) is 7.11 Å². The molecule has 126 valence electrons. The van der Waals surface area contributed by atoms with Crippen LogP contribution in [-0.2, 0) is 12.8 Å². The van der Waals surface area contributed by atoms with E-state index in [1.807, 2.05) is 0 Å². The molecule has 0 saturated heterocycles. The third kappa shape index (κ3) is 2.66. The summed E-state index contributed by atoms with van der Waals surface area (Å²) in [6.07, 6.45) is 2.00. The summed E-state index contributed by atoms with van der Waals surface area (Å²) in [6, 6.07) is 10.7. The van der Waals surface area contributed by atoms with Gasteiger partial charge in [-0.05, 0) is 42.3 Å². The lowest BCUT2D eigenvalue weighted by molar-refractivity contribution is 0.326. The molecule has 3 nitrogen and oxygen atoms in total. The largest absolute Gasteiger partial charge is 0.495 e. The van der Waals surface area contributed by atoms with Gasteiger partial charge in [-0.1, -0.05) is 29.8 Å². The summed E-state index contributed by atoms with van der Waals surface area (Å²) >= 11 is 6.38. The Morgan fingerprint density at radius 2 is 2.04 bits per heavy atom. The Bertz CT molecular complexity index is 774. The first-order valence-corrected chi connectivity index (χ1v) is 8.84. The van der Waals surface area contributed by atoms with Crippen molar-refractivity contribution in [1.82, 2.24) is 4.90 Å². The van der Waals surface area contributed by atoms with Crippen LogP contribution < -0.4 is 9.47 Å². The fourth-order valence-electron chi connectivity index (χ4n) is 3.90. The van der Waals surface area contributed by atoms with Gasteiger partial charge in [0, 0.05) is 31.0 Å². The standard InChI is InChI=1S/C20H22ClNO2/c1-22-8-6-14-10-18(21)19(23-2)11-16(14)17(12-22)15-5-3-4-13-7-9-24-20(13)15/h3-5,10-11,17H,6-9,12H2,1-2H3. The zero-order valence-electron chi connectivity index (χ0n) is 14.1. The van der Waals surface area contributed by atoms with E-state index in [4.69, 9.17) is 21.1 Å². The summed E-state index contributed by atoms with van der Waals surface area (Å²) in [4.78, 5) is 2.39. The summed E-state index contributed by atoms with van der Waals surface area (Å²) in [5.74, 6) is 2.10. The molecule has 1 unspecified atom stereocenters. The van der Waals surface area contributed by atoms with Crippen LogP contribution in [0.1, 0.15) is 28.2 Å². The van der Waals surface area contributed by atoms with Crippen molar-refractivity contribution in [2.45, 2.75) is 18.8 Å². The summed E-state index contributed by atoms with van der Waals surface area (Å²) < 4.78 is 11.5. The number of fused-ring (bicyclic) bond motifs is 2. The highest BCUT2D eigenvalue weighted by Gasteiger charge is 2.29. The molecule has 1 atom stereocenters. The van der Waals surface area contributed by atoms with Gasteiger partial charge < -0.3 is 14.4 Å². The van der Waals surface area contributed by atoms with Crippen LogP contribution in [0.25, 0.3) is 0 Å². The molecule has 0 N–H and O–H groups in total. The first kappa shape index (κ1) is 15.8. The minimum absolute atomic E-state index is 0.270. The molecule has 2 aliphatic rings. The maximum Gasteiger partial charge on any atom is 0.137 e. The maximum absolute atomic E-state index is 6.38. The fourth-order valence-corrected chi connectivity index (χ4v) is 4.16. The van der Waals surface area contributed by atoms with E-state index in [-0.39, 0.29) is 5.92 Å². The first-order valence-electron chi connectivity index (χ1n) is 8.47. The van der Waals surface area contributed by atoms with E-state index in [1.165, 1.54) is 22.3 Å². The van der Waals surface area contributed by atoms with Gasteiger partial charge in [-0.2, -0.15) is 0 Å². The van der Waals surface area contributed by atoms with E-state index in [9.17, 15) is 0 Å². The molecule has 4 heteroatoms. The normalized spacial score (nSPS) is 20.0. The summed E-state index contributed by atoms with van der Waals surface area (Å²) in [5.41, 5.74) is 5.22. The number of likely N-dealkylation sites (N-methyl/N-ethyl adjacent to an activating group) is 1. The van der Waals surface area contributed by atoms with Gasteiger partial charge in [0.1, 0.15) is 11.5 Å². The lowest BCUT2D eigenvalue weighted by Gasteiger charge is -2.24. The van der Waals surface area contributed by atoms with Crippen molar-refractivity contribution in [2.24, 2.45) is 0 Å². The highest BCUT2D eigenvalue weighted by Crippen LogP contribution is 2.42. The van der Waals surface area contributed by atoms with Gasteiger partial charge in [-0.3, -0.25) is 0 Å². The lowest BCUT2D eigenvalue weighted by atomic mass is 9.86. The molecule has 2 heterocycles. The molecule has 2 aromatic rings. The molecule has 4 rings (SSSR count). The van der Waals surface area contributed by atoms with Crippen LogP contribution in [-0.4, -0.2) is 38.8 Å². The highest BCUT2D eigenvalue weighted by atomic mass is 35.5. The van der Waals surface area contributed by atoms with Crippen molar-refractivity contribution in [3.63, 3.8) is 0 Å². The van der Waals surface area contributed by atoms with Crippen LogP contribution in [0.2, 0.25) is 5.02 Å². The van der Waals surface area contributed by atoms with Crippen molar-refractivity contribution < 1.29 is 9.47 Å². The summed E-state index contributed by atoms with van der Waals surface area (Å²) in [5, 5.41) is 0.689. The highest BCUT2D eigenvalue weighted by molar-refractivity contribution is 6.32. The van der Waals surface area contributed by atoms with Crippen LogP contribution >= 0.6 is 11.6 Å². The lowest BCUT2D eigenvalue weighted by Crippen LogP contribution is -2.24. The van der Waals surface area contributed by atoms with Crippen molar-refractivity contribution >= 4 is 11.6 Å². The number of ether oxygens (including phenoxy) is 2. The second-order valence-corrected chi connectivity index (χ2v) is 7.09. The van der Waals surface area contributed by atoms with E-state index in [2.05, 4.69) is 42.3 Å².